The molecular formula is C17H16N4O2. The van der Waals surface area contributed by atoms with E-state index in [-0.39, 0.29) is 0 Å². The number of fused-ring (bicyclic) bond motifs is 1. The van der Waals surface area contributed by atoms with Crippen LogP contribution in [0.2, 0.25) is 0 Å². The van der Waals surface area contributed by atoms with Gasteiger partial charge in [-0.2, -0.15) is 0 Å². The summed E-state index contributed by atoms with van der Waals surface area (Å²) in [5.41, 5.74) is 7.28. The highest BCUT2D eigenvalue weighted by Gasteiger charge is 2.11. The van der Waals surface area contributed by atoms with Gasteiger partial charge in [0.2, 0.25) is 0 Å². The summed E-state index contributed by atoms with van der Waals surface area (Å²) in [6.07, 6.45) is 5.55. The van der Waals surface area contributed by atoms with Crippen molar-refractivity contribution in [2.45, 2.75) is 12.5 Å². The van der Waals surface area contributed by atoms with E-state index in [0.29, 0.717) is 6.42 Å². The summed E-state index contributed by atoms with van der Waals surface area (Å²) in [5.74, 6) is -0.273. The third-order valence-corrected chi connectivity index (χ3v) is 3.56. The van der Waals surface area contributed by atoms with E-state index in [4.69, 9.17) is 10.8 Å². The molecule has 0 saturated carbocycles. The zero-order valence-corrected chi connectivity index (χ0v) is 12.3. The second-order valence-corrected chi connectivity index (χ2v) is 5.23. The third-order valence-electron chi connectivity index (χ3n) is 3.56. The van der Waals surface area contributed by atoms with Crippen molar-refractivity contribution in [3.63, 3.8) is 0 Å². The minimum Gasteiger partial charge on any atom is -0.480 e. The van der Waals surface area contributed by atoms with E-state index in [1.165, 1.54) is 0 Å². The Hall–Kier alpha value is -2.99. The Morgan fingerprint density at radius 2 is 1.91 bits per heavy atom. The van der Waals surface area contributed by atoms with Crippen LogP contribution in [0.15, 0.2) is 55.0 Å². The van der Waals surface area contributed by atoms with Gasteiger partial charge in [0.15, 0.2) is 0 Å². The molecule has 1 atom stereocenters. The van der Waals surface area contributed by atoms with Crippen molar-refractivity contribution in [3.05, 3.63) is 60.6 Å². The van der Waals surface area contributed by atoms with Gasteiger partial charge in [-0.05, 0) is 41.6 Å². The molecule has 6 nitrogen and oxygen atoms in total. The van der Waals surface area contributed by atoms with E-state index in [0.717, 1.165) is 27.8 Å². The Balaban J connectivity index is 1.79. The maximum Gasteiger partial charge on any atom is 0.320 e. The Kier molecular flexibility index (Phi) is 4.16. The first-order valence-electron chi connectivity index (χ1n) is 7.16. The molecule has 0 saturated heterocycles. The average molecular weight is 308 g/mol. The molecule has 0 bridgehead atoms. The van der Waals surface area contributed by atoms with Crippen LogP contribution in [-0.4, -0.2) is 27.1 Å². The number of carboxylic acid groups (broad SMARTS) is 1. The number of hydrogen-bond acceptors (Lipinski definition) is 5. The number of carbonyl (C=O) groups is 1. The number of anilines is 2. The first-order chi connectivity index (χ1) is 11.1. The molecule has 3 aromatic rings. The van der Waals surface area contributed by atoms with Crippen LogP contribution in [0.25, 0.3) is 10.8 Å². The highest BCUT2D eigenvalue weighted by molar-refractivity contribution is 5.92. The molecule has 0 aliphatic heterocycles. The highest BCUT2D eigenvalue weighted by atomic mass is 16.4. The van der Waals surface area contributed by atoms with E-state index in [9.17, 15) is 4.79 Å². The molecule has 1 aromatic carbocycles. The van der Waals surface area contributed by atoms with Gasteiger partial charge in [-0.15, -0.1) is 0 Å². The fraction of sp³-hybridized carbons (Fsp3) is 0.118. The smallest absolute Gasteiger partial charge is 0.320 e. The summed E-state index contributed by atoms with van der Waals surface area (Å²) >= 11 is 0. The Morgan fingerprint density at radius 3 is 2.65 bits per heavy atom. The predicted octanol–water partition coefficient (Wildman–Crippen LogP) is 2.33. The van der Waals surface area contributed by atoms with E-state index in [2.05, 4.69) is 15.3 Å². The van der Waals surface area contributed by atoms with Gasteiger partial charge in [-0.25, -0.2) is 4.98 Å². The van der Waals surface area contributed by atoms with E-state index in [1.807, 2.05) is 36.4 Å². The van der Waals surface area contributed by atoms with Gasteiger partial charge in [0.25, 0.3) is 0 Å². The molecule has 116 valence electrons. The second kappa shape index (κ2) is 6.41. The monoisotopic (exact) mass is 308 g/mol. The number of hydrogen-bond donors (Lipinski definition) is 3. The lowest BCUT2D eigenvalue weighted by molar-refractivity contribution is -0.138. The molecule has 0 aliphatic rings. The van der Waals surface area contributed by atoms with Crippen LogP contribution < -0.4 is 11.1 Å². The van der Waals surface area contributed by atoms with Crippen LogP contribution in [0, 0.1) is 0 Å². The van der Waals surface area contributed by atoms with Crippen LogP contribution in [0.3, 0.4) is 0 Å². The lowest BCUT2D eigenvalue weighted by Crippen LogP contribution is -2.32. The minimum absolute atomic E-state index is 0.298. The SMILES string of the molecule is N[C@@H](Cc1ccc(Nc2nccc3ccncc23)cc1)C(=O)O. The molecule has 0 fully saturated rings. The predicted molar refractivity (Wildman–Crippen MR) is 88.6 cm³/mol. The highest BCUT2D eigenvalue weighted by Crippen LogP contribution is 2.23. The number of carboxylic acids is 1. The largest absolute Gasteiger partial charge is 0.480 e. The lowest BCUT2D eigenvalue weighted by atomic mass is 10.1. The van der Waals surface area contributed by atoms with Crippen LogP contribution in [0.4, 0.5) is 11.5 Å². The summed E-state index contributed by atoms with van der Waals surface area (Å²) < 4.78 is 0. The van der Waals surface area contributed by atoms with E-state index >= 15 is 0 Å². The molecule has 0 unspecified atom stereocenters. The first kappa shape index (κ1) is 14.9. The van der Waals surface area contributed by atoms with Crippen molar-refractivity contribution in [3.8, 4) is 0 Å². The topological polar surface area (TPSA) is 101 Å². The van der Waals surface area contributed by atoms with E-state index < -0.39 is 12.0 Å². The van der Waals surface area contributed by atoms with Crippen molar-refractivity contribution < 1.29 is 9.90 Å². The van der Waals surface area contributed by atoms with Gasteiger partial charge < -0.3 is 16.2 Å². The number of benzene rings is 1. The minimum atomic E-state index is -1.00. The summed E-state index contributed by atoms with van der Waals surface area (Å²) in [6.45, 7) is 0. The van der Waals surface area contributed by atoms with Crippen LogP contribution in [0.5, 0.6) is 0 Å². The van der Waals surface area contributed by atoms with Gasteiger partial charge in [0, 0.05) is 29.7 Å². The number of aliphatic carboxylic acids is 1. The molecule has 6 heteroatoms. The van der Waals surface area contributed by atoms with Crippen LogP contribution >= 0.6 is 0 Å². The molecule has 2 aromatic heterocycles. The molecule has 0 spiro atoms. The number of nitrogens with one attached hydrogen (secondary N) is 1. The molecule has 0 aliphatic carbocycles. The third kappa shape index (κ3) is 3.44. The summed E-state index contributed by atoms with van der Waals surface area (Å²) in [5, 5.41) is 14.1. The van der Waals surface area contributed by atoms with Gasteiger partial charge in [0.05, 0.1) is 0 Å². The number of rotatable bonds is 5. The normalized spacial score (nSPS) is 12.0. The van der Waals surface area contributed by atoms with Crippen LogP contribution in [0.1, 0.15) is 5.56 Å². The number of pyridine rings is 2. The molecular weight excluding hydrogens is 292 g/mol. The molecule has 2 heterocycles. The summed E-state index contributed by atoms with van der Waals surface area (Å²) in [4.78, 5) is 19.3. The van der Waals surface area contributed by atoms with E-state index in [1.54, 1.807) is 18.6 Å². The molecule has 0 radical (unpaired) electrons. The maximum atomic E-state index is 10.8. The maximum absolute atomic E-state index is 10.8. The standard InChI is InChI=1S/C17H16N4O2/c18-15(17(22)23)9-11-1-3-13(4-2-11)21-16-14-10-19-7-5-12(14)6-8-20-16/h1-8,10,15H,9,18H2,(H,20,21)(H,22,23)/t15-/m0/s1. The summed E-state index contributed by atoms with van der Waals surface area (Å²) in [6, 6.07) is 10.4. The Morgan fingerprint density at radius 1 is 1.17 bits per heavy atom. The number of nitrogens with zero attached hydrogens (tertiary/aromatic N) is 2. The Labute approximate surface area is 133 Å². The van der Waals surface area contributed by atoms with Gasteiger partial charge in [-0.3, -0.25) is 9.78 Å². The number of aromatic nitrogens is 2. The first-order valence-corrected chi connectivity index (χ1v) is 7.16. The fourth-order valence-electron chi connectivity index (χ4n) is 2.31. The fourth-order valence-corrected chi connectivity index (χ4v) is 2.31. The van der Waals surface area contributed by atoms with Crippen molar-refractivity contribution in [1.29, 1.82) is 0 Å². The van der Waals surface area contributed by atoms with Crippen molar-refractivity contribution in [2.24, 2.45) is 5.73 Å². The molecule has 0 amide bonds. The van der Waals surface area contributed by atoms with Crippen molar-refractivity contribution in [2.75, 3.05) is 5.32 Å². The molecule has 4 N–H and O–H groups in total. The number of nitrogens with two attached hydrogens (primary N) is 1. The Bertz CT molecular complexity index is 828. The van der Waals surface area contributed by atoms with Gasteiger partial charge >= 0.3 is 5.97 Å². The van der Waals surface area contributed by atoms with Crippen molar-refractivity contribution in [1.82, 2.24) is 9.97 Å². The summed E-state index contributed by atoms with van der Waals surface area (Å²) in [7, 11) is 0. The zero-order chi connectivity index (χ0) is 16.2. The van der Waals surface area contributed by atoms with Crippen LogP contribution in [-0.2, 0) is 11.2 Å². The van der Waals surface area contributed by atoms with Gasteiger partial charge in [-0.1, -0.05) is 12.1 Å². The average Bonchev–Trinajstić information content (AvgIpc) is 2.57. The lowest BCUT2D eigenvalue weighted by Gasteiger charge is -2.10. The second-order valence-electron chi connectivity index (χ2n) is 5.23. The molecule has 23 heavy (non-hydrogen) atoms. The van der Waals surface area contributed by atoms with Gasteiger partial charge in [0.1, 0.15) is 11.9 Å². The molecule has 3 rings (SSSR count). The van der Waals surface area contributed by atoms with Crippen molar-refractivity contribution >= 4 is 28.2 Å². The zero-order valence-electron chi connectivity index (χ0n) is 12.3. The quantitative estimate of drug-likeness (QED) is 0.668.